The first-order valence-corrected chi connectivity index (χ1v) is 11.8. The maximum atomic E-state index is 13.4. The molecule has 34 heavy (non-hydrogen) atoms. The van der Waals surface area contributed by atoms with Gasteiger partial charge in [-0.25, -0.2) is 4.68 Å². The van der Waals surface area contributed by atoms with E-state index in [0.29, 0.717) is 29.6 Å². The van der Waals surface area contributed by atoms with Gasteiger partial charge in [0.05, 0.1) is 34.1 Å². The Balaban J connectivity index is 1.77. The number of halogens is 1. The van der Waals surface area contributed by atoms with Crippen LogP contribution in [0.4, 0.5) is 0 Å². The Hall–Kier alpha value is -3.57. The van der Waals surface area contributed by atoms with E-state index in [1.807, 2.05) is 85.5 Å². The molecule has 0 aliphatic heterocycles. The number of aromatic nitrogens is 2. The predicted octanol–water partition coefficient (Wildman–Crippen LogP) is 6.99. The van der Waals surface area contributed by atoms with Gasteiger partial charge < -0.3 is 9.64 Å². The highest BCUT2D eigenvalue weighted by molar-refractivity contribution is 6.33. The minimum atomic E-state index is -0.110. The zero-order valence-corrected chi connectivity index (χ0v) is 20.4. The third kappa shape index (κ3) is 5.15. The quantitative estimate of drug-likeness (QED) is 0.277. The number of carbonyl (C=O) groups is 1. The summed E-state index contributed by atoms with van der Waals surface area (Å²) in [6, 6.07) is 24.9. The smallest absolute Gasteiger partial charge is 0.255 e. The highest BCUT2D eigenvalue weighted by atomic mass is 35.5. The van der Waals surface area contributed by atoms with E-state index in [1.165, 1.54) is 0 Å². The maximum absolute atomic E-state index is 13.4. The summed E-state index contributed by atoms with van der Waals surface area (Å²) >= 11 is 6.35. The molecule has 0 aliphatic carbocycles. The second kappa shape index (κ2) is 10.6. The first-order chi connectivity index (χ1) is 16.5. The van der Waals surface area contributed by atoms with E-state index in [4.69, 9.17) is 21.4 Å². The average Bonchev–Trinajstić information content (AvgIpc) is 3.14. The first kappa shape index (κ1) is 23.6. The number of amides is 1. The topological polar surface area (TPSA) is 47.4 Å². The van der Waals surface area contributed by atoms with Gasteiger partial charge in [-0.15, -0.1) is 0 Å². The summed E-state index contributed by atoms with van der Waals surface area (Å²) in [4.78, 5) is 15.2. The molecule has 1 heterocycles. The van der Waals surface area contributed by atoms with Crippen LogP contribution < -0.4 is 4.74 Å². The molecule has 0 bridgehead atoms. The van der Waals surface area contributed by atoms with Crippen molar-refractivity contribution in [3.63, 3.8) is 0 Å². The zero-order chi connectivity index (χ0) is 24.1. The Kier molecular flexibility index (Phi) is 7.33. The lowest BCUT2D eigenvalue weighted by molar-refractivity contribution is 0.0742. The zero-order valence-electron chi connectivity index (χ0n) is 19.7. The van der Waals surface area contributed by atoms with Crippen LogP contribution in [-0.4, -0.2) is 27.1 Å². The van der Waals surface area contributed by atoms with E-state index >= 15 is 0 Å². The number of ether oxygens (including phenoxy) is 1. The molecule has 0 aliphatic rings. The predicted molar refractivity (Wildman–Crippen MR) is 136 cm³/mol. The van der Waals surface area contributed by atoms with Gasteiger partial charge in [-0.05, 0) is 62.2 Å². The number of aryl methyl sites for hydroxylation is 2. The van der Waals surface area contributed by atoms with E-state index in [9.17, 15) is 4.79 Å². The van der Waals surface area contributed by atoms with E-state index in [0.717, 1.165) is 34.7 Å². The number of hydrogen-bond donors (Lipinski definition) is 0. The fourth-order valence-corrected chi connectivity index (χ4v) is 4.09. The molecular weight excluding hydrogens is 446 g/mol. The number of benzene rings is 3. The molecular formula is C28H28ClN3O2. The lowest BCUT2D eigenvalue weighted by atomic mass is 10.1. The van der Waals surface area contributed by atoms with Gasteiger partial charge in [0.2, 0.25) is 5.88 Å². The molecule has 0 radical (unpaired) electrons. The van der Waals surface area contributed by atoms with Gasteiger partial charge in [0.25, 0.3) is 5.91 Å². The van der Waals surface area contributed by atoms with Crippen LogP contribution in [0.3, 0.4) is 0 Å². The highest BCUT2D eigenvalue weighted by Crippen LogP contribution is 2.32. The highest BCUT2D eigenvalue weighted by Gasteiger charge is 2.25. The van der Waals surface area contributed by atoms with Crippen LogP contribution in [0.1, 0.15) is 40.5 Å². The number of para-hydroxylation sites is 1. The van der Waals surface area contributed by atoms with E-state index in [-0.39, 0.29) is 5.91 Å². The standard InChI is InChI=1S/C28H28ClN3O2/c1-4-17-31(27(33)24-15-8-9-16-26(24)29)19-25-21(3)30-32(22-12-6-5-7-13-22)28(25)34-23-14-10-11-20(2)18-23/h5-16,18H,4,17,19H2,1-3H3. The summed E-state index contributed by atoms with van der Waals surface area (Å²) in [5, 5.41) is 5.24. The molecule has 1 amide bonds. The normalized spacial score (nSPS) is 10.8. The van der Waals surface area contributed by atoms with Gasteiger partial charge >= 0.3 is 0 Å². The van der Waals surface area contributed by atoms with Crippen molar-refractivity contribution in [2.75, 3.05) is 6.54 Å². The van der Waals surface area contributed by atoms with E-state index < -0.39 is 0 Å². The van der Waals surface area contributed by atoms with Gasteiger partial charge in [0.1, 0.15) is 5.75 Å². The maximum Gasteiger partial charge on any atom is 0.255 e. The first-order valence-electron chi connectivity index (χ1n) is 11.4. The Morgan fingerprint density at radius 2 is 1.74 bits per heavy atom. The van der Waals surface area contributed by atoms with Crippen molar-refractivity contribution < 1.29 is 9.53 Å². The van der Waals surface area contributed by atoms with Gasteiger partial charge in [0.15, 0.2) is 0 Å². The molecule has 0 spiro atoms. The lowest BCUT2D eigenvalue weighted by Gasteiger charge is -2.23. The van der Waals surface area contributed by atoms with Crippen LogP contribution in [-0.2, 0) is 6.54 Å². The van der Waals surface area contributed by atoms with Crippen LogP contribution in [0.25, 0.3) is 5.69 Å². The molecule has 4 aromatic rings. The Labute approximate surface area is 205 Å². The molecule has 0 N–H and O–H groups in total. The van der Waals surface area contributed by atoms with Crippen LogP contribution in [0.5, 0.6) is 11.6 Å². The van der Waals surface area contributed by atoms with Crippen LogP contribution in [0.15, 0.2) is 78.9 Å². The minimum absolute atomic E-state index is 0.110. The molecule has 0 saturated carbocycles. The molecule has 174 valence electrons. The fourth-order valence-electron chi connectivity index (χ4n) is 3.88. The van der Waals surface area contributed by atoms with Crippen molar-refractivity contribution in [3.05, 3.63) is 106 Å². The van der Waals surface area contributed by atoms with Crippen LogP contribution >= 0.6 is 11.6 Å². The average molecular weight is 474 g/mol. The Morgan fingerprint density at radius 1 is 1.00 bits per heavy atom. The van der Waals surface area contributed by atoms with Crippen molar-refractivity contribution in [1.82, 2.24) is 14.7 Å². The third-order valence-corrected chi connectivity index (χ3v) is 5.91. The molecule has 0 saturated heterocycles. The van der Waals surface area contributed by atoms with E-state index in [2.05, 4.69) is 6.92 Å². The van der Waals surface area contributed by atoms with Crippen molar-refractivity contribution >= 4 is 17.5 Å². The lowest BCUT2D eigenvalue weighted by Crippen LogP contribution is -2.31. The number of carbonyl (C=O) groups excluding carboxylic acids is 1. The van der Waals surface area contributed by atoms with Crippen LogP contribution in [0.2, 0.25) is 5.02 Å². The van der Waals surface area contributed by atoms with Crippen molar-refractivity contribution in [2.24, 2.45) is 0 Å². The van der Waals surface area contributed by atoms with Crippen molar-refractivity contribution in [2.45, 2.75) is 33.7 Å². The van der Waals surface area contributed by atoms with Crippen molar-refractivity contribution in [3.8, 4) is 17.3 Å². The third-order valence-electron chi connectivity index (χ3n) is 5.58. The van der Waals surface area contributed by atoms with Gasteiger partial charge in [-0.3, -0.25) is 4.79 Å². The van der Waals surface area contributed by atoms with Crippen molar-refractivity contribution in [1.29, 1.82) is 0 Å². The summed E-state index contributed by atoms with van der Waals surface area (Å²) in [5.41, 5.74) is 4.15. The largest absolute Gasteiger partial charge is 0.439 e. The monoisotopic (exact) mass is 473 g/mol. The van der Waals surface area contributed by atoms with Gasteiger partial charge in [-0.1, -0.05) is 61.0 Å². The molecule has 3 aromatic carbocycles. The molecule has 0 fully saturated rings. The fraction of sp³-hybridized carbons (Fsp3) is 0.214. The molecule has 1 aromatic heterocycles. The summed E-state index contributed by atoms with van der Waals surface area (Å²) < 4.78 is 8.22. The molecule has 5 nitrogen and oxygen atoms in total. The number of hydrogen-bond acceptors (Lipinski definition) is 3. The summed E-state index contributed by atoms with van der Waals surface area (Å²) in [5.74, 6) is 1.21. The van der Waals surface area contributed by atoms with Gasteiger partial charge in [-0.2, -0.15) is 5.10 Å². The molecule has 6 heteroatoms. The second-order valence-corrected chi connectivity index (χ2v) is 8.65. The minimum Gasteiger partial charge on any atom is -0.439 e. The van der Waals surface area contributed by atoms with E-state index in [1.54, 1.807) is 16.8 Å². The summed E-state index contributed by atoms with van der Waals surface area (Å²) in [6.45, 7) is 6.97. The molecule has 4 rings (SSSR count). The SMILES string of the molecule is CCCN(Cc1c(C)nn(-c2ccccc2)c1Oc1cccc(C)c1)C(=O)c1ccccc1Cl. The molecule has 0 unspecified atom stereocenters. The summed E-state index contributed by atoms with van der Waals surface area (Å²) in [6.07, 6.45) is 0.816. The summed E-state index contributed by atoms with van der Waals surface area (Å²) in [7, 11) is 0. The van der Waals surface area contributed by atoms with Crippen LogP contribution in [0, 0.1) is 13.8 Å². The Morgan fingerprint density at radius 3 is 2.44 bits per heavy atom. The second-order valence-electron chi connectivity index (χ2n) is 8.24. The Bertz CT molecular complexity index is 1280. The van der Waals surface area contributed by atoms with Gasteiger partial charge in [0, 0.05) is 6.54 Å². The number of rotatable bonds is 8. The number of nitrogens with zero attached hydrogens (tertiary/aromatic N) is 3. The molecule has 0 atom stereocenters.